The van der Waals surface area contributed by atoms with Gasteiger partial charge in [0.2, 0.25) is 5.91 Å². The van der Waals surface area contributed by atoms with Gasteiger partial charge in [0.15, 0.2) is 0 Å². The number of nitrogens with zero attached hydrogens (tertiary/aromatic N) is 2. The Labute approximate surface area is 196 Å². The molecule has 0 unspecified atom stereocenters. The molecule has 1 N–H and O–H groups in total. The molecule has 34 heavy (non-hydrogen) atoms. The summed E-state index contributed by atoms with van der Waals surface area (Å²) in [5, 5.41) is 2.90. The molecule has 0 aromatic heterocycles. The lowest BCUT2D eigenvalue weighted by molar-refractivity contribution is -0.140. The summed E-state index contributed by atoms with van der Waals surface area (Å²) < 4.78 is 5.08. The summed E-state index contributed by atoms with van der Waals surface area (Å²) in [7, 11) is 1.49. The minimum Gasteiger partial charge on any atom is -0.497 e. The number of nitrogens with one attached hydrogen (secondary N) is 1. The number of carbonyl (C=O) groups excluding carboxylic acids is 4. The molecule has 4 rings (SSSR count). The third-order valence-electron chi connectivity index (χ3n) is 5.51. The fraction of sp³-hybridized carbons (Fsp3) is 0.154. The highest BCUT2D eigenvalue weighted by atomic mass is 16.5. The first-order valence-corrected chi connectivity index (χ1v) is 10.7. The number of amides is 5. The summed E-state index contributed by atoms with van der Waals surface area (Å²) in [6, 6.07) is 24.0. The zero-order valence-corrected chi connectivity index (χ0v) is 18.5. The van der Waals surface area contributed by atoms with E-state index < -0.39 is 30.3 Å². The number of hydrogen-bond donors (Lipinski definition) is 1. The SMILES string of the molecule is COc1ccc(N2C(=O)C(=O)N(CC(=O)N[C@H](Cc3ccccc3)c3ccccc3)C2=O)cc1. The predicted molar refractivity (Wildman–Crippen MR) is 125 cm³/mol. The number of rotatable bonds is 8. The monoisotopic (exact) mass is 457 g/mol. The van der Waals surface area contributed by atoms with E-state index >= 15 is 0 Å². The van der Waals surface area contributed by atoms with Crippen molar-refractivity contribution < 1.29 is 23.9 Å². The maximum atomic E-state index is 12.9. The van der Waals surface area contributed by atoms with Gasteiger partial charge in [0, 0.05) is 0 Å². The van der Waals surface area contributed by atoms with Crippen molar-refractivity contribution >= 4 is 29.4 Å². The Balaban J connectivity index is 1.49. The zero-order valence-electron chi connectivity index (χ0n) is 18.5. The number of carbonyl (C=O) groups is 4. The van der Waals surface area contributed by atoms with Gasteiger partial charge in [0.05, 0.1) is 18.8 Å². The zero-order chi connectivity index (χ0) is 24.1. The molecule has 1 aliphatic rings. The molecule has 8 heteroatoms. The number of methoxy groups -OCH3 is 1. The molecule has 0 aliphatic carbocycles. The highest BCUT2D eigenvalue weighted by molar-refractivity contribution is 6.53. The molecule has 1 atom stereocenters. The van der Waals surface area contributed by atoms with E-state index in [1.54, 1.807) is 12.1 Å². The molecule has 1 heterocycles. The van der Waals surface area contributed by atoms with Gasteiger partial charge in [-0.25, -0.2) is 14.6 Å². The van der Waals surface area contributed by atoms with Crippen LogP contribution in [0.5, 0.6) is 5.75 Å². The first-order valence-electron chi connectivity index (χ1n) is 10.7. The lowest BCUT2D eigenvalue weighted by Crippen LogP contribution is -2.42. The lowest BCUT2D eigenvalue weighted by Gasteiger charge is -2.21. The maximum absolute atomic E-state index is 12.9. The van der Waals surface area contributed by atoms with Crippen LogP contribution in [0.1, 0.15) is 17.2 Å². The normalized spacial score (nSPS) is 14.3. The molecule has 8 nitrogen and oxygen atoms in total. The second kappa shape index (κ2) is 9.99. The summed E-state index contributed by atoms with van der Waals surface area (Å²) in [6.45, 7) is -0.561. The summed E-state index contributed by atoms with van der Waals surface area (Å²) in [5.41, 5.74) is 2.12. The van der Waals surface area contributed by atoms with Gasteiger partial charge in [-0.2, -0.15) is 0 Å². The summed E-state index contributed by atoms with van der Waals surface area (Å²) in [4.78, 5) is 52.2. The second-order valence-corrected chi connectivity index (χ2v) is 7.73. The Hall–Kier alpha value is -4.46. The van der Waals surface area contributed by atoms with E-state index in [0.717, 1.165) is 16.0 Å². The van der Waals surface area contributed by atoms with Crippen molar-refractivity contribution in [1.29, 1.82) is 0 Å². The topological polar surface area (TPSA) is 96.0 Å². The Morgan fingerprint density at radius 1 is 0.853 bits per heavy atom. The van der Waals surface area contributed by atoms with E-state index in [1.807, 2.05) is 60.7 Å². The fourth-order valence-corrected chi connectivity index (χ4v) is 3.77. The average Bonchev–Trinajstić information content (AvgIpc) is 3.08. The molecule has 0 spiro atoms. The highest BCUT2D eigenvalue weighted by Gasteiger charge is 2.46. The van der Waals surface area contributed by atoms with Crippen molar-refractivity contribution in [3.63, 3.8) is 0 Å². The minimum absolute atomic E-state index is 0.221. The predicted octanol–water partition coefficient (Wildman–Crippen LogP) is 3.09. The van der Waals surface area contributed by atoms with Gasteiger partial charge < -0.3 is 10.1 Å². The van der Waals surface area contributed by atoms with Gasteiger partial charge in [-0.15, -0.1) is 0 Å². The Morgan fingerprint density at radius 2 is 1.47 bits per heavy atom. The van der Waals surface area contributed by atoms with Crippen LogP contribution < -0.4 is 15.0 Å². The lowest BCUT2D eigenvalue weighted by atomic mass is 9.99. The van der Waals surface area contributed by atoms with Gasteiger partial charge in [-0.05, 0) is 41.8 Å². The minimum atomic E-state index is -1.05. The smallest absolute Gasteiger partial charge is 0.339 e. The fourth-order valence-electron chi connectivity index (χ4n) is 3.77. The van der Waals surface area contributed by atoms with Gasteiger partial charge in [-0.3, -0.25) is 14.4 Å². The van der Waals surface area contributed by atoms with Gasteiger partial charge >= 0.3 is 17.8 Å². The van der Waals surface area contributed by atoms with Crippen LogP contribution in [-0.4, -0.2) is 42.3 Å². The van der Waals surface area contributed by atoms with Crippen LogP contribution in [0.4, 0.5) is 10.5 Å². The summed E-state index contributed by atoms with van der Waals surface area (Å²) in [6.07, 6.45) is 0.523. The third-order valence-corrected chi connectivity index (χ3v) is 5.51. The van der Waals surface area contributed by atoms with Crippen LogP contribution in [0.2, 0.25) is 0 Å². The molecular formula is C26H23N3O5. The number of urea groups is 1. The second-order valence-electron chi connectivity index (χ2n) is 7.73. The quantitative estimate of drug-likeness (QED) is 0.414. The number of ether oxygens (including phenoxy) is 1. The number of benzene rings is 3. The third kappa shape index (κ3) is 4.80. The van der Waals surface area contributed by atoms with E-state index in [2.05, 4.69) is 5.32 Å². The van der Waals surface area contributed by atoms with Crippen molar-refractivity contribution in [1.82, 2.24) is 10.2 Å². The molecule has 1 saturated heterocycles. The van der Waals surface area contributed by atoms with Gasteiger partial charge in [-0.1, -0.05) is 60.7 Å². The number of imide groups is 2. The van der Waals surface area contributed by atoms with Crippen molar-refractivity contribution in [2.24, 2.45) is 0 Å². The molecule has 3 aromatic rings. The van der Waals surface area contributed by atoms with Crippen LogP contribution in [0.15, 0.2) is 84.9 Å². The van der Waals surface area contributed by atoms with E-state index in [4.69, 9.17) is 4.74 Å². The van der Waals surface area contributed by atoms with E-state index in [1.165, 1.54) is 19.2 Å². The van der Waals surface area contributed by atoms with Crippen molar-refractivity contribution in [3.05, 3.63) is 96.1 Å². The molecular weight excluding hydrogens is 434 g/mol. The molecule has 0 saturated carbocycles. The Kier molecular flexibility index (Phi) is 6.68. The molecule has 5 amide bonds. The summed E-state index contributed by atoms with van der Waals surface area (Å²) >= 11 is 0. The van der Waals surface area contributed by atoms with Crippen LogP contribution in [0.3, 0.4) is 0 Å². The van der Waals surface area contributed by atoms with E-state index in [0.29, 0.717) is 17.1 Å². The number of hydrogen-bond acceptors (Lipinski definition) is 5. The summed E-state index contributed by atoms with van der Waals surface area (Å²) in [5.74, 6) is -2.06. The van der Waals surface area contributed by atoms with Crippen LogP contribution in [0, 0.1) is 0 Å². The van der Waals surface area contributed by atoms with Gasteiger partial charge in [0.1, 0.15) is 12.3 Å². The van der Waals surface area contributed by atoms with Crippen molar-refractivity contribution in [2.75, 3.05) is 18.6 Å². The molecule has 3 aromatic carbocycles. The maximum Gasteiger partial charge on any atom is 0.339 e. The first kappa shape index (κ1) is 22.7. The largest absolute Gasteiger partial charge is 0.497 e. The molecule has 0 radical (unpaired) electrons. The first-order chi connectivity index (χ1) is 16.5. The molecule has 1 fully saturated rings. The van der Waals surface area contributed by atoms with E-state index in [-0.39, 0.29) is 11.7 Å². The highest BCUT2D eigenvalue weighted by Crippen LogP contribution is 2.25. The Bertz CT molecular complexity index is 1200. The van der Waals surface area contributed by atoms with Crippen LogP contribution >= 0.6 is 0 Å². The number of anilines is 1. The Morgan fingerprint density at radius 3 is 2.09 bits per heavy atom. The van der Waals surface area contributed by atoms with Crippen molar-refractivity contribution in [3.8, 4) is 5.75 Å². The van der Waals surface area contributed by atoms with Crippen LogP contribution in [0.25, 0.3) is 0 Å². The van der Waals surface area contributed by atoms with Gasteiger partial charge in [0.25, 0.3) is 0 Å². The average molecular weight is 457 g/mol. The molecule has 1 aliphatic heterocycles. The molecule has 0 bridgehead atoms. The standard InChI is InChI=1S/C26H23N3O5/c1-34-21-14-12-20(13-15-21)29-25(32)24(31)28(26(29)33)17-23(30)27-22(19-10-6-3-7-11-19)16-18-8-4-2-5-9-18/h2-15,22H,16-17H2,1H3,(H,27,30)/t22-/m1/s1. The molecule has 172 valence electrons. The van der Waals surface area contributed by atoms with Crippen molar-refractivity contribution in [2.45, 2.75) is 12.5 Å². The van der Waals surface area contributed by atoms with E-state index in [9.17, 15) is 19.2 Å². The van der Waals surface area contributed by atoms with Crippen LogP contribution in [-0.2, 0) is 20.8 Å².